The first-order valence-electron chi connectivity index (χ1n) is 6.75. The number of likely N-dealkylation sites (N-methyl/N-ethyl adjacent to an activating group) is 1. The topological polar surface area (TPSA) is 30.5 Å². The minimum atomic E-state index is 0.197. The van der Waals surface area contributed by atoms with E-state index in [-0.39, 0.29) is 12.1 Å². The van der Waals surface area contributed by atoms with Crippen molar-refractivity contribution in [1.29, 1.82) is 0 Å². The number of hydrogen-bond acceptors (Lipinski definition) is 3. The zero-order valence-corrected chi connectivity index (χ0v) is 11.9. The lowest BCUT2D eigenvalue weighted by atomic mass is 9.99. The Morgan fingerprint density at radius 2 is 1.78 bits per heavy atom. The Bertz CT molecular complexity index is 320. The van der Waals surface area contributed by atoms with Crippen LogP contribution in [-0.2, 0) is 4.74 Å². The van der Waals surface area contributed by atoms with E-state index in [4.69, 9.17) is 9.47 Å². The van der Waals surface area contributed by atoms with Crippen LogP contribution in [0.4, 0.5) is 0 Å². The van der Waals surface area contributed by atoms with Crippen molar-refractivity contribution in [3.8, 4) is 5.75 Å². The van der Waals surface area contributed by atoms with Crippen LogP contribution in [0.15, 0.2) is 24.3 Å². The molecule has 1 aromatic carbocycles. The molecule has 0 fully saturated rings. The molecule has 102 valence electrons. The molecule has 0 spiro atoms. The van der Waals surface area contributed by atoms with E-state index < -0.39 is 0 Å². The van der Waals surface area contributed by atoms with E-state index in [9.17, 15) is 0 Å². The average Bonchev–Trinajstić information content (AvgIpc) is 2.40. The summed E-state index contributed by atoms with van der Waals surface area (Å²) in [4.78, 5) is 0. The van der Waals surface area contributed by atoms with E-state index in [1.54, 1.807) is 7.11 Å². The van der Waals surface area contributed by atoms with Crippen molar-refractivity contribution in [1.82, 2.24) is 5.32 Å². The maximum Gasteiger partial charge on any atom is 0.119 e. The lowest BCUT2D eigenvalue weighted by Gasteiger charge is -2.26. The van der Waals surface area contributed by atoms with Crippen LogP contribution in [0.25, 0.3) is 0 Å². The second-order valence-corrected chi connectivity index (χ2v) is 4.22. The Balaban J connectivity index is 2.84. The highest BCUT2D eigenvalue weighted by atomic mass is 16.5. The second kappa shape index (κ2) is 8.11. The maximum atomic E-state index is 5.55. The van der Waals surface area contributed by atoms with E-state index >= 15 is 0 Å². The molecule has 0 aliphatic rings. The SMILES string of the molecule is CCNC(c1ccc(OCC)cc1)C(CC)OC. The standard InChI is InChI=1S/C15H25NO2/c1-5-14(17-4)15(16-6-2)12-8-10-13(11-9-12)18-7-3/h8-11,14-16H,5-7H2,1-4H3. The van der Waals surface area contributed by atoms with Crippen molar-refractivity contribution in [3.05, 3.63) is 29.8 Å². The smallest absolute Gasteiger partial charge is 0.119 e. The summed E-state index contributed by atoms with van der Waals surface area (Å²) in [6.07, 6.45) is 1.18. The van der Waals surface area contributed by atoms with Crippen molar-refractivity contribution >= 4 is 0 Å². The summed E-state index contributed by atoms with van der Waals surface area (Å²) in [5.74, 6) is 0.918. The largest absolute Gasteiger partial charge is 0.494 e. The summed E-state index contributed by atoms with van der Waals surface area (Å²) < 4.78 is 11.0. The molecule has 1 aromatic rings. The van der Waals surface area contributed by atoms with Crippen LogP contribution in [0, 0.1) is 0 Å². The zero-order valence-electron chi connectivity index (χ0n) is 11.9. The minimum absolute atomic E-state index is 0.197. The van der Waals surface area contributed by atoms with Crippen LogP contribution in [0.1, 0.15) is 38.8 Å². The van der Waals surface area contributed by atoms with Gasteiger partial charge >= 0.3 is 0 Å². The molecule has 0 aromatic heterocycles. The first kappa shape index (κ1) is 15.0. The number of ether oxygens (including phenoxy) is 2. The van der Waals surface area contributed by atoms with Gasteiger partial charge in [-0.15, -0.1) is 0 Å². The fourth-order valence-corrected chi connectivity index (χ4v) is 2.16. The van der Waals surface area contributed by atoms with Gasteiger partial charge in [0.1, 0.15) is 5.75 Å². The predicted octanol–water partition coefficient (Wildman–Crippen LogP) is 3.16. The van der Waals surface area contributed by atoms with E-state index in [2.05, 4.69) is 31.3 Å². The van der Waals surface area contributed by atoms with Gasteiger partial charge in [0, 0.05) is 7.11 Å². The van der Waals surface area contributed by atoms with E-state index in [1.165, 1.54) is 5.56 Å². The summed E-state index contributed by atoms with van der Waals surface area (Å²) in [5, 5.41) is 3.49. The molecule has 2 unspecified atom stereocenters. The highest BCUT2D eigenvalue weighted by molar-refractivity contribution is 5.29. The monoisotopic (exact) mass is 251 g/mol. The van der Waals surface area contributed by atoms with Gasteiger partial charge in [0.25, 0.3) is 0 Å². The first-order valence-corrected chi connectivity index (χ1v) is 6.75. The Kier molecular flexibility index (Phi) is 6.76. The average molecular weight is 251 g/mol. The van der Waals surface area contributed by atoms with Gasteiger partial charge in [-0.25, -0.2) is 0 Å². The Morgan fingerprint density at radius 1 is 1.11 bits per heavy atom. The van der Waals surface area contributed by atoms with Crippen LogP contribution in [0.5, 0.6) is 5.75 Å². The molecule has 3 heteroatoms. The molecule has 0 bridgehead atoms. The predicted molar refractivity (Wildman–Crippen MR) is 75.1 cm³/mol. The fraction of sp³-hybridized carbons (Fsp3) is 0.600. The molecule has 0 radical (unpaired) electrons. The Labute approximate surface area is 110 Å². The van der Waals surface area contributed by atoms with Crippen molar-refractivity contribution < 1.29 is 9.47 Å². The third kappa shape index (κ3) is 4.00. The lowest BCUT2D eigenvalue weighted by molar-refractivity contribution is 0.0656. The van der Waals surface area contributed by atoms with Crippen molar-refractivity contribution in [2.45, 2.75) is 39.3 Å². The Morgan fingerprint density at radius 3 is 2.22 bits per heavy atom. The molecule has 1 N–H and O–H groups in total. The van der Waals surface area contributed by atoms with Crippen LogP contribution < -0.4 is 10.1 Å². The van der Waals surface area contributed by atoms with Gasteiger partial charge in [-0.3, -0.25) is 0 Å². The first-order chi connectivity index (χ1) is 8.76. The quantitative estimate of drug-likeness (QED) is 0.770. The third-order valence-corrected chi connectivity index (χ3v) is 3.05. The summed E-state index contributed by atoms with van der Waals surface area (Å²) in [6.45, 7) is 7.88. The molecular formula is C15H25NO2. The molecular weight excluding hydrogens is 226 g/mol. The van der Waals surface area contributed by atoms with Gasteiger partial charge in [-0.1, -0.05) is 26.0 Å². The van der Waals surface area contributed by atoms with Gasteiger partial charge in [0.15, 0.2) is 0 Å². The second-order valence-electron chi connectivity index (χ2n) is 4.22. The molecule has 0 aliphatic heterocycles. The van der Waals surface area contributed by atoms with Crippen LogP contribution in [-0.4, -0.2) is 26.4 Å². The van der Waals surface area contributed by atoms with Gasteiger partial charge in [0.2, 0.25) is 0 Å². The third-order valence-electron chi connectivity index (χ3n) is 3.05. The van der Waals surface area contributed by atoms with Crippen molar-refractivity contribution in [3.63, 3.8) is 0 Å². The van der Waals surface area contributed by atoms with Gasteiger partial charge in [0.05, 0.1) is 18.8 Å². The van der Waals surface area contributed by atoms with Crippen molar-refractivity contribution in [2.75, 3.05) is 20.3 Å². The highest BCUT2D eigenvalue weighted by Gasteiger charge is 2.20. The number of rotatable bonds is 8. The van der Waals surface area contributed by atoms with E-state index in [0.717, 1.165) is 18.7 Å². The lowest BCUT2D eigenvalue weighted by Crippen LogP contribution is -2.32. The summed E-state index contributed by atoms with van der Waals surface area (Å²) in [5.41, 5.74) is 1.24. The molecule has 1 rings (SSSR count). The summed E-state index contributed by atoms with van der Waals surface area (Å²) in [7, 11) is 1.77. The number of hydrogen-bond donors (Lipinski definition) is 1. The molecule has 0 saturated carbocycles. The summed E-state index contributed by atoms with van der Waals surface area (Å²) >= 11 is 0. The van der Waals surface area contributed by atoms with Crippen LogP contribution in [0.2, 0.25) is 0 Å². The summed E-state index contributed by atoms with van der Waals surface area (Å²) in [6, 6.07) is 8.50. The van der Waals surface area contributed by atoms with Crippen molar-refractivity contribution in [2.24, 2.45) is 0 Å². The molecule has 3 nitrogen and oxygen atoms in total. The molecule has 0 amide bonds. The molecule has 0 aliphatic carbocycles. The van der Waals surface area contributed by atoms with E-state index in [0.29, 0.717) is 6.61 Å². The van der Waals surface area contributed by atoms with E-state index in [1.807, 2.05) is 19.1 Å². The maximum absolute atomic E-state index is 5.55. The normalized spacial score (nSPS) is 14.2. The number of nitrogens with one attached hydrogen (secondary N) is 1. The number of benzene rings is 1. The van der Waals surface area contributed by atoms with Crippen LogP contribution in [0.3, 0.4) is 0 Å². The number of methoxy groups -OCH3 is 1. The Hall–Kier alpha value is -1.06. The minimum Gasteiger partial charge on any atom is -0.494 e. The molecule has 2 atom stereocenters. The fourth-order valence-electron chi connectivity index (χ4n) is 2.16. The highest BCUT2D eigenvalue weighted by Crippen LogP contribution is 2.23. The van der Waals surface area contributed by atoms with Gasteiger partial charge in [-0.2, -0.15) is 0 Å². The zero-order chi connectivity index (χ0) is 13.4. The van der Waals surface area contributed by atoms with Crippen LogP contribution >= 0.6 is 0 Å². The molecule has 0 saturated heterocycles. The van der Waals surface area contributed by atoms with Gasteiger partial charge in [-0.05, 0) is 37.6 Å². The molecule has 18 heavy (non-hydrogen) atoms. The molecule has 0 heterocycles. The van der Waals surface area contributed by atoms with Gasteiger partial charge < -0.3 is 14.8 Å².